The number of rotatable bonds is 7. The molecule has 20 heavy (non-hydrogen) atoms. The lowest BCUT2D eigenvalue weighted by molar-refractivity contribution is 0.560. The normalized spacial score (nSPS) is 12.1. The average Bonchev–Trinajstić information content (AvgIpc) is 2.88. The fourth-order valence-corrected chi connectivity index (χ4v) is 1.87. The van der Waals surface area contributed by atoms with Crippen molar-refractivity contribution in [3.63, 3.8) is 0 Å². The Kier molecular flexibility index (Phi) is 4.75. The van der Waals surface area contributed by atoms with Gasteiger partial charge in [-0.25, -0.2) is 0 Å². The summed E-state index contributed by atoms with van der Waals surface area (Å²) in [5, 5.41) is 10.7. The summed E-state index contributed by atoms with van der Waals surface area (Å²) in [7, 11) is 0. The molecule has 1 atom stereocenters. The van der Waals surface area contributed by atoms with Crippen molar-refractivity contribution in [1.29, 1.82) is 0 Å². The fourth-order valence-electron chi connectivity index (χ4n) is 1.87. The van der Waals surface area contributed by atoms with Gasteiger partial charge in [-0.15, -0.1) is 0 Å². The van der Waals surface area contributed by atoms with Crippen LogP contribution in [-0.2, 0) is 6.54 Å². The highest BCUT2D eigenvalue weighted by Crippen LogP contribution is 2.13. The predicted octanol–water partition coefficient (Wildman–Crippen LogP) is 1.58. The Morgan fingerprint density at radius 1 is 1.35 bits per heavy atom. The first kappa shape index (κ1) is 14.1. The van der Waals surface area contributed by atoms with E-state index in [1.54, 1.807) is 6.20 Å². The van der Waals surface area contributed by atoms with Gasteiger partial charge in [0, 0.05) is 31.0 Å². The zero-order valence-electron chi connectivity index (χ0n) is 11.9. The van der Waals surface area contributed by atoms with E-state index in [1.807, 2.05) is 23.0 Å². The standard InChI is InChI=1S/C13H21N7/c1-3-5-15-11-8-12(19-13(14)18-11)17-10(2)9-20-7-4-6-16-20/h4,6-8,10H,3,5,9H2,1-2H3,(H4,14,15,17,18,19). The molecule has 0 aliphatic heterocycles. The lowest BCUT2D eigenvalue weighted by atomic mass is 10.3. The number of nitrogen functional groups attached to an aromatic ring is 1. The third-order valence-corrected chi connectivity index (χ3v) is 2.71. The van der Waals surface area contributed by atoms with Crippen LogP contribution in [0.15, 0.2) is 24.5 Å². The Balaban J connectivity index is 1.98. The Morgan fingerprint density at radius 3 is 2.85 bits per heavy atom. The van der Waals surface area contributed by atoms with Gasteiger partial charge in [0.05, 0.1) is 6.54 Å². The summed E-state index contributed by atoms with van der Waals surface area (Å²) in [6.45, 7) is 5.79. The van der Waals surface area contributed by atoms with Crippen LogP contribution in [0.5, 0.6) is 0 Å². The quantitative estimate of drug-likeness (QED) is 0.710. The number of nitrogens with two attached hydrogens (primary N) is 1. The van der Waals surface area contributed by atoms with E-state index in [0.29, 0.717) is 0 Å². The minimum absolute atomic E-state index is 0.184. The number of hydrogen-bond acceptors (Lipinski definition) is 6. The first-order valence-corrected chi connectivity index (χ1v) is 6.79. The summed E-state index contributed by atoms with van der Waals surface area (Å²) >= 11 is 0. The van der Waals surface area contributed by atoms with Crippen molar-refractivity contribution < 1.29 is 0 Å². The second kappa shape index (κ2) is 6.74. The Bertz CT molecular complexity index is 524. The maximum atomic E-state index is 5.72. The number of aromatic nitrogens is 4. The van der Waals surface area contributed by atoms with Crippen molar-refractivity contribution >= 4 is 17.6 Å². The third-order valence-electron chi connectivity index (χ3n) is 2.71. The summed E-state index contributed by atoms with van der Waals surface area (Å²) in [5.74, 6) is 1.73. The Morgan fingerprint density at radius 2 is 2.15 bits per heavy atom. The van der Waals surface area contributed by atoms with Gasteiger partial charge in [-0.1, -0.05) is 6.92 Å². The molecule has 7 nitrogen and oxygen atoms in total. The van der Waals surface area contributed by atoms with E-state index in [9.17, 15) is 0 Å². The van der Waals surface area contributed by atoms with Gasteiger partial charge < -0.3 is 16.4 Å². The number of nitrogens with zero attached hydrogens (tertiary/aromatic N) is 4. The van der Waals surface area contributed by atoms with Crippen molar-refractivity contribution in [3.8, 4) is 0 Å². The Labute approximate surface area is 118 Å². The van der Waals surface area contributed by atoms with E-state index in [2.05, 4.69) is 39.5 Å². The van der Waals surface area contributed by atoms with E-state index in [0.717, 1.165) is 31.1 Å². The summed E-state index contributed by atoms with van der Waals surface area (Å²) in [6.07, 6.45) is 4.73. The van der Waals surface area contributed by atoms with Gasteiger partial charge in [0.25, 0.3) is 0 Å². The molecule has 0 aromatic carbocycles. The van der Waals surface area contributed by atoms with Gasteiger partial charge in [-0.05, 0) is 19.4 Å². The largest absolute Gasteiger partial charge is 0.370 e. The number of hydrogen-bond donors (Lipinski definition) is 3. The van der Waals surface area contributed by atoms with Gasteiger partial charge in [-0.3, -0.25) is 4.68 Å². The van der Waals surface area contributed by atoms with Crippen molar-refractivity contribution in [2.45, 2.75) is 32.9 Å². The van der Waals surface area contributed by atoms with E-state index in [4.69, 9.17) is 5.73 Å². The van der Waals surface area contributed by atoms with Crippen LogP contribution in [-0.4, -0.2) is 32.3 Å². The molecule has 0 spiro atoms. The van der Waals surface area contributed by atoms with Crippen molar-refractivity contribution in [2.24, 2.45) is 0 Å². The molecule has 108 valence electrons. The molecule has 1 unspecified atom stereocenters. The van der Waals surface area contributed by atoms with Crippen LogP contribution >= 0.6 is 0 Å². The van der Waals surface area contributed by atoms with Crippen LogP contribution in [0.25, 0.3) is 0 Å². The van der Waals surface area contributed by atoms with Gasteiger partial charge in [0.1, 0.15) is 11.6 Å². The summed E-state index contributed by atoms with van der Waals surface area (Å²) in [6, 6.07) is 3.96. The lowest BCUT2D eigenvalue weighted by Gasteiger charge is -2.15. The fraction of sp³-hybridized carbons (Fsp3) is 0.462. The zero-order valence-corrected chi connectivity index (χ0v) is 11.9. The van der Waals surface area contributed by atoms with Gasteiger partial charge in [0.2, 0.25) is 5.95 Å². The molecule has 0 radical (unpaired) electrons. The van der Waals surface area contributed by atoms with Crippen LogP contribution in [0.2, 0.25) is 0 Å². The molecular weight excluding hydrogens is 254 g/mol. The molecule has 2 rings (SSSR count). The molecule has 0 amide bonds. The van der Waals surface area contributed by atoms with Crippen LogP contribution < -0.4 is 16.4 Å². The van der Waals surface area contributed by atoms with Gasteiger partial charge in [-0.2, -0.15) is 15.1 Å². The molecule has 0 fully saturated rings. The molecule has 2 aromatic rings. The summed E-state index contributed by atoms with van der Waals surface area (Å²) in [4.78, 5) is 8.35. The van der Waals surface area contributed by atoms with E-state index in [-0.39, 0.29) is 12.0 Å². The second-order valence-corrected chi connectivity index (χ2v) is 4.70. The minimum Gasteiger partial charge on any atom is -0.370 e. The number of anilines is 3. The molecule has 0 saturated carbocycles. The minimum atomic E-state index is 0.184. The molecule has 7 heteroatoms. The van der Waals surface area contributed by atoms with E-state index in [1.165, 1.54) is 0 Å². The topological polar surface area (TPSA) is 93.7 Å². The molecule has 0 saturated heterocycles. The third kappa shape index (κ3) is 4.11. The molecule has 2 aromatic heterocycles. The summed E-state index contributed by atoms with van der Waals surface area (Å²) in [5.41, 5.74) is 5.72. The SMILES string of the molecule is CCCNc1cc(NC(C)Cn2cccn2)nc(N)n1. The summed E-state index contributed by atoms with van der Waals surface area (Å²) < 4.78 is 1.87. The first-order chi connectivity index (χ1) is 9.67. The first-order valence-electron chi connectivity index (χ1n) is 6.79. The molecule has 4 N–H and O–H groups in total. The van der Waals surface area contributed by atoms with Crippen LogP contribution in [0.4, 0.5) is 17.6 Å². The predicted molar refractivity (Wildman–Crippen MR) is 80.5 cm³/mol. The highest BCUT2D eigenvalue weighted by molar-refractivity contribution is 5.51. The van der Waals surface area contributed by atoms with E-state index >= 15 is 0 Å². The molecule has 0 bridgehead atoms. The van der Waals surface area contributed by atoms with Crippen LogP contribution in [0.1, 0.15) is 20.3 Å². The van der Waals surface area contributed by atoms with E-state index < -0.39 is 0 Å². The Hall–Kier alpha value is -2.31. The van der Waals surface area contributed by atoms with Crippen molar-refractivity contribution in [1.82, 2.24) is 19.7 Å². The van der Waals surface area contributed by atoms with Crippen LogP contribution in [0.3, 0.4) is 0 Å². The van der Waals surface area contributed by atoms with Crippen LogP contribution in [0, 0.1) is 0 Å². The molecule has 0 aliphatic rings. The molecular formula is C13H21N7. The highest BCUT2D eigenvalue weighted by atomic mass is 15.3. The zero-order chi connectivity index (χ0) is 14.4. The van der Waals surface area contributed by atoms with Crippen molar-refractivity contribution in [2.75, 3.05) is 22.9 Å². The number of nitrogens with one attached hydrogen (secondary N) is 2. The lowest BCUT2D eigenvalue weighted by Crippen LogP contribution is -2.23. The van der Waals surface area contributed by atoms with Gasteiger partial charge >= 0.3 is 0 Å². The maximum Gasteiger partial charge on any atom is 0.223 e. The second-order valence-electron chi connectivity index (χ2n) is 4.70. The average molecular weight is 275 g/mol. The molecule has 2 heterocycles. The maximum absolute atomic E-state index is 5.72. The molecule has 0 aliphatic carbocycles. The van der Waals surface area contributed by atoms with Gasteiger partial charge in [0.15, 0.2) is 0 Å². The highest BCUT2D eigenvalue weighted by Gasteiger charge is 2.07. The van der Waals surface area contributed by atoms with Crippen molar-refractivity contribution in [3.05, 3.63) is 24.5 Å². The smallest absolute Gasteiger partial charge is 0.223 e. The monoisotopic (exact) mass is 275 g/mol.